The van der Waals surface area contributed by atoms with E-state index in [1.54, 1.807) is 24.1 Å². The molecule has 0 atom stereocenters. The summed E-state index contributed by atoms with van der Waals surface area (Å²) in [4.78, 5) is 22.4. The number of ether oxygens (including phenoxy) is 1. The molecule has 0 fully saturated rings. The molecule has 0 spiro atoms. The van der Waals surface area contributed by atoms with Gasteiger partial charge in [-0.3, -0.25) is 0 Å². The lowest BCUT2D eigenvalue weighted by Crippen LogP contribution is -2.18. The van der Waals surface area contributed by atoms with E-state index >= 15 is 0 Å². The first kappa shape index (κ1) is 19.2. The summed E-state index contributed by atoms with van der Waals surface area (Å²) in [6, 6.07) is 13.2. The topological polar surface area (TPSA) is 93.4 Å². The smallest absolute Gasteiger partial charge is 0.339 e. The number of benzene rings is 2. The lowest BCUT2D eigenvalue weighted by molar-refractivity contribution is 0.0601. The maximum atomic E-state index is 12.1. The number of carbonyl (C=O) groups is 1. The maximum Gasteiger partial charge on any atom is 0.339 e. The van der Waals surface area contributed by atoms with Crippen LogP contribution < -0.4 is 16.0 Å². The minimum atomic E-state index is -0.427. The summed E-state index contributed by atoms with van der Waals surface area (Å²) in [5.41, 5.74) is 11.0. The van der Waals surface area contributed by atoms with E-state index in [9.17, 15) is 4.79 Å². The van der Waals surface area contributed by atoms with Crippen molar-refractivity contribution >= 4 is 34.7 Å². The third kappa shape index (κ3) is 3.73. The Morgan fingerprint density at radius 2 is 1.89 bits per heavy atom. The molecule has 0 aliphatic heterocycles. The van der Waals surface area contributed by atoms with E-state index in [0.29, 0.717) is 28.6 Å². The molecule has 0 saturated carbocycles. The summed E-state index contributed by atoms with van der Waals surface area (Å²) >= 11 is 0. The first-order valence-corrected chi connectivity index (χ1v) is 8.78. The molecule has 1 heterocycles. The van der Waals surface area contributed by atoms with Crippen molar-refractivity contribution in [1.82, 2.24) is 9.97 Å². The predicted octanol–water partition coefficient (Wildman–Crippen LogP) is 3.97. The number of nitrogens with one attached hydrogen (secondary N) is 1. The summed E-state index contributed by atoms with van der Waals surface area (Å²) in [6.45, 7) is 4.06. The van der Waals surface area contributed by atoms with Crippen molar-refractivity contribution in [1.29, 1.82) is 0 Å². The van der Waals surface area contributed by atoms with Crippen LogP contribution in [0.5, 0.6) is 0 Å². The van der Waals surface area contributed by atoms with Gasteiger partial charge in [0.1, 0.15) is 12.0 Å². The molecule has 7 heteroatoms. The molecule has 0 amide bonds. The second kappa shape index (κ2) is 7.96. The number of hydrogen-bond acceptors (Lipinski definition) is 7. The summed E-state index contributed by atoms with van der Waals surface area (Å²) in [7, 11) is 3.14. The fourth-order valence-electron chi connectivity index (χ4n) is 3.00. The molecule has 1 aromatic heterocycles. The monoisotopic (exact) mass is 377 g/mol. The predicted molar refractivity (Wildman–Crippen MR) is 111 cm³/mol. The molecule has 0 aliphatic carbocycles. The van der Waals surface area contributed by atoms with Gasteiger partial charge in [0.25, 0.3) is 0 Å². The second-order valence-corrected chi connectivity index (χ2v) is 6.47. The summed E-state index contributed by atoms with van der Waals surface area (Å²) < 4.78 is 4.88. The Kier molecular flexibility index (Phi) is 5.44. The van der Waals surface area contributed by atoms with Crippen LogP contribution in [0.2, 0.25) is 0 Å². The molecular weight excluding hydrogens is 354 g/mol. The molecule has 0 bridgehead atoms. The van der Waals surface area contributed by atoms with Crippen molar-refractivity contribution in [3.8, 4) is 0 Å². The highest BCUT2D eigenvalue weighted by atomic mass is 16.5. The Morgan fingerprint density at radius 3 is 2.61 bits per heavy atom. The van der Waals surface area contributed by atoms with E-state index in [-0.39, 0.29) is 0 Å². The number of carbonyl (C=O) groups excluding carboxylic acids is 1. The maximum absolute atomic E-state index is 12.1. The first-order chi connectivity index (χ1) is 13.4. The van der Waals surface area contributed by atoms with Crippen molar-refractivity contribution in [3.05, 3.63) is 65.5 Å². The quantitative estimate of drug-likeness (QED) is 0.650. The average Bonchev–Trinajstić information content (AvgIpc) is 2.70. The molecular formula is C21H23N5O2. The van der Waals surface area contributed by atoms with Gasteiger partial charge in [0.05, 0.1) is 18.4 Å². The largest absolute Gasteiger partial charge is 0.465 e. The number of para-hydroxylation sites is 1. The third-order valence-corrected chi connectivity index (χ3v) is 4.49. The van der Waals surface area contributed by atoms with Gasteiger partial charge in [-0.05, 0) is 37.6 Å². The fraction of sp³-hybridized carbons (Fsp3) is 0.190. The molecule has 0 saturated heterocycles. The van der Waals surface area contributed by atoms with Crippen LogP contribution in [0, 0.1) is 13.8 Å². The van der Waals surface area contributed by atoms with E-state index in [2.05, 4.69) is 21.4 Å². The van der Waals surface area contributed by atoms with E-state index in [1.807, 2.05) is 38.1 Å². The number of nitrogens with zero attached hydrogens (tertiary/aromatic N) is 3. The lowest BCUT2D eigenvalue weighted by atomic mass is 10.1. The number of aryl methyl sites for hydroxylation is 2. The number of nitrogen functional groups attached to an aromatic ring is 1. The molecule has 0 aliphatic rings. The second-order valence-electron chi connectivity index (χ2n) is 6.47. The highest BCUT2D eigenvalue weighted by Gasteiger charge is 2.19. The Morgan fingerprint density at radius 1 is 1.14 bits per heavy atom. The Balaban J connectivity index is 1.98. The molecule has 3 rings (SSSR count). The van der Waals surface area contributed by atoms with Crippen molar-refractivity contribution in [2.24, 2.45) is 0 Å². The minimum absolute atomic E-state index is 0.379. The Labute approximate surface area is 164 Å². The number of rotatable bonds is 5. The SMILES string of the molecule is COC(=O)c1ccccc1N(C)c1ncnc(Nc2ccc(C)cc2C)c1N. The number of methoxy groups -OCH3 is 1. The molecule has 144 valence electrons. The van der Waals surface area contributed by atoms with Gasteiger partial charge >= 0.3 is 5.97 Å². The third-order valence-electron chi connectivity index (χ3n) is 4.49. The van der Waals surface area contributed by atoms with Gasteiger partial charge in [0.15, 0.2) is 11.6 Å². The van der Waals surface area contributed by atoms with E-state index < -0.39 is 5.97 Å². The zero-order valence-electron chi connectivity index (χ0n) is 16.4. The van der Waals surface area contributed by atoms with Crippen molar-refractivity contribution < 1.29 is 9.53 Å². The Hall–Kier alpha value is -3.61. The van der Waals surface area contributed by atoms with Crippen molar-refractivity contribution in [2.45, 2.75) is 13.8 Å². The van der Waals surface area contributed by atoms with E-state index in [4.69, 9.17) is 10.5 Å². The standard InChI is InChI=1S/C21H23N5O2/c1-13-9-10-16(14(2)11-13)25-19-18(22)20(24-12-23-19)26(3)17-8-6-5-7-15(17)21(27)28-4/h5-12H,22H2,1-4H3,(H,23,24,25). The average molecular weight is 377 g/mol. The van der Waals surface area contributed by atoms with Crippen LogP contribution in [0.25, 0.3) is 0 Å². The van der Waals surface area contributed by atoms with Crippen molar-refractivity contribution in [2.75, 3.05) is 30.1 Å². The lowest BCUT2D eigenvalue weighted by Gasteiger charge is -2.23. The highest BCUT2D eigenvalue weighted by molar-refractivity contribution is 5.97. The zero-order chi connectivity index (χ0) is 20.3. The minimum Gasteiger partial charge on any atom is -0.465 e. The molecule has 0 unspecified atom stereocenters. The van der Waals surface area contributed by atoms with Crippen LogP contribution >= 0.6 is 0 Å². The van der Waals surface area contributed by atoms with Gasteiger partial charge in [-0.1, -0.05) is 29.8 Å². The van der Waals surface area contributed by atoms with Gasteiger partial charge in [-0.25, -0.2) is 14.8 Å². The van der Waals surface area contributed by atoms with Crippen LogP contribution in [-0.4, -0.2) is 30.1 Å². The van der Waals surface area contributed by atoms with Crippen LogP contribution in [0.15, 0.2) is 48.8 Å². The van der Waals surface area contributed by atoms with Gasteiger partial charge < -0.3 is 20.7 Å². The van der Waals surface area contributed by atoms with Gasteiger partial charge in [0, 0.05) is 12.7 Å². The molecule has 3 N–H and O–H groups in total. The van der Waals surface area contributed by atoms with Gasteiger partial charge in [-0.15, -0.1) is 0 Å². The zero-order valence-corrected chi connectivity index (χ0v) is 16.4. The van der Waals surface area contributed by atoms with Crippen LogP contribution in [0.1, 0.15) is 21.5 Å². The highest BCUT2D eigenvalue weighted by Crippen LogP contribution is 2.34. The van der Waals surface area contributed by atoms with Gasteiger partial charge in [-0.2, -0.15) is 0 Å². The molecule has 0 radical (unpaired) electrons. The summed E-state index contributed by atoms with van der Waals surface area (Å²) in [5, 5.41) is 3.27. The van der Waals surface area contributed by atoms with Crippen LogP contribution in [-0.2, 0) is 4.74 Å². The molecule has 28 heavy (non-hydrogen) atoms. The Bertz CT molecular complexity index is 1020. The number of anilines is 5. The van der Waals surface area contributed by atoms with E-state index in [0.717, 1.165) is 11.3 Å². The number of nitrogens with two attached hydrogens (primary N) is 1. The molecule has 3 aromatic rings. The normalized spacial score (nSPS) is 10.4. The van der Waals surface area contributed by atoms with Crippen LogP contribution in [0.3, 0.4) is 0 Å². The molecule has 7 nitrogen and oxygen atoms in total. The fourth-order valence-corrected chi connectivity index (χ4v) is 3.00. The number of aromatic nitrogens is 2. The number of esters is 1. The number of hydrogen-bond donors (Lipinski definition) is 2. The van der Waals surface area contributed by atoms with Gasteiger partial charge in [0.2, 0.25) is 0 Å². The first-order valence-electron chi connectivity index (χ1n) is 8.78. The van der Waals surface area contributed by atoms with Crippen molar-refractivity contribution in [3.63, 3.8) is 0 Å². The molecule has 2 aromatic carbocycles. The van der Waals surface area contributed by atoms with E-state index in [1.165, 1.54) is 19.0 Å². The van der Waals surface area contributed by atoms with Crippen LogP contribution in [0.4, 0.5) is 28.7 Å². The summed E-state index contributed by atoms with van der Waals surface area (Å²) in [6.07, 6.45) is 1.44. The summed E-state index contributed by atoms with van der Waals surface area (Å²) in [5.74, 6) is 0.557.